The Morgan fingerprint density at radius 2 is 2.13 bits per heavy atom. The van der Waals surface area contributed by atoms with Gasteiger partial charge in [0.15, 0.2) is 0 Å². The van der Waals surface area contributed by atoms with Crippen LogP contribution in [0.2, 0.25) is 0 Å². The molecular weight excluding hydrogens is 184 g/mol. The van der Waals surface area contributed by atoms with Crippen LogP contribution in [0, 0.1) is 0 Å². The van der Waals surface area contributed by atoms with Crippen molar-refractivity contribution in [1.82, 2.24) is 4.98 Å². The van der Waals surface area contributed by atoms with E-state index in [0.29, 0.717) is 0 Å². The summed E-state index contributed by atoms with van der Waals surface area (Å²) in [5, 5.41) is 3.79. The lowest BCUT2D eigenvalue weighted by Crippen LogP contribution is -2.17. The molecule has 0 radical (unpaired) electrons. The third-order valence-corrected chi connectivity index (χ3v) is 3.11. The fourth-order valence-corrected chi connectivity index (χ4v) is 2.44. The maximum absolute atomic E-state index is 4.25. The molecule has 0 saturated carbocycles. The molecule has 1 aromatic heterocycles. The molecule has 2 nitrogen and oxygen atoms in total. The molecule has 2 heteroatoms. The molecule has 0 fully saturated rings. The molecule has 0 unspecified atom stereocenters. The number of benzene rings is 1. The van der Waals surface area contributed by atoms with Gasteiger partial charge in [-0.1, -0.05) is 18.2 Å². The van der Waals surface area contributed by atoms with Crippen molar-refractivity contribution in [2.45, 2.75) is 0 Å². The van der Waals surface area contributed by atoms with E-state index < -0.39 is 0 Å². The number of hydrogen-bond donors (Lipinski definition) is 1. The molecule has 15 heavy (non-hydrogen) atoms. The minimum atomic E-state index is 1.22. The maximum atomic E-state index is 4.25. The smallest absolute Gasteiger partial charge is 0.0540 e. The topological polar surface area (TPSA) is 28.1 Å². The SMILES string of the molecule is C1=Cc2c3c(c4cc[nH]c4c2=C1)=CN=C3. The highest BCUT2D eigenvalue weighted by molar-refractivity contribution is 6.00. The van der Waals surface area contributed by atoms with Gasteiger partial charge in [0.05, 0.1) is 5.52 Å². The van der Waals surface area contributed by atoms with E-state index in [1.54, 1.807) is 0 Å². The van der Waals surface area contributed by atoms with E-state index in [4.69, 9.17) is 0 Å². The normalized spacial score (nSPS) is 15.2. The minimum absolute atomic E-state index is 1.22. The molecule has 2 aromatic rings. The second-order valence-electron chi connectivity index (χ2n) is 3.85. The number of nitrogens with one attached hydrogen (secondary N) is 1. The second-order valence-corrected chi connectivity index (χ2v) is 3.85. The van der Waals surface area contributed by atoms with Gasteiger partial charge in [-0.2, -0.15) is 0 Å². The number of H-pyrrole nitrogens is 1. The van der Waals surface area contributed by atoms with Crippen LogP contribution in [-0.4, -0.2) is 11.2 Å². The molecule has 0 amide bonds. The zero-order valence-corrected chi connectivity index (χ0v) is 7.99. The van der Waals surface area contributed by atoms with Crippen molar-refractivity contribution in [3.63, 3.8) is 0 Å². The maximum Gasteiger partial charge on any atom is 0.0540 e. The van der Waals surface area contributed by atoms with E-state index >= 15 is 0 Å². The number of allylic oxidation sites excluding steroid dienone is 1. The Morgan fingerprint density at radius 3 is 3.13 bits per heavy atom. The molecule has 0 atom stereocenters. The number of rotatable bonds is 0. The predicted octanol–water partition coefficient (Wildman–Crippen LogP) is 1.15. The first-order valence-electron chi connectivity index (χ1n) is 5.00. The van der Waals surface area contributed by atoms with Crippen molar-refractivity contribution in [3.8, 4) is 0 Å². The first-order valence-corrected chi connectivity index (χ1v) is 5.00. The van der Waals surface area contributed by atoms with Gasteiger partial charge in [-0.3, -0.25) is 4.99 Å². The van der Waals surface area contributed by atoms with Gasteiger partial charge in [-0.25, -0.2) is 0 Å². The number of fused-ring (bicyclic) bond motifs is 6. The van der Waals surface area contributed by atoms with Crippen molar-refractivity contribution >= 4 is 35.5 Å². The van der Waals surface area contributed by atoms with E-state index in [-0.39, 0.29) is 0 Å². The molecule has 70 valence electrons. The van der Waals surface area contributed by atoms with E-state index in [9.17, 15) is 0 Å². The van der Waals surface area contributed by atoms with Gasteiger partial charge in [0.25, 0.3) is 0 Å². The van der Waals surface area contributed by atoms with Crippen molar-refractivity contribution in [1.29, 1.82) is 0 Å². The summed E-state index contributed by atoms with van der Waals surface area (Å²) in [5.41, 5.74) is 3.76. The van der Waals surface area contributed by atoms with Crippen molar-refractivity contribution < 1.29 is 0 Å². The summed E-state index contributed by atoms with van der Waals surface area (Å²) in [6.07, 6.45) is 12.3. The van der Waals surface area contributed by atoms with E-state index in [1.165, 1.54) is 32.5 Å². The summed E-state index contributed by atoms with van der Waals surface area (Å²) in [6.45, 7) is 0. The van der Waals surface area contributed by atoms with Gasteiger partial charge >= 0.3 is 0 Å². The van der Waals surface area contributed by atoms with E-state index in [0.717, 1.165) is 0 Å². The van der Waals surface area contributed by atoms with Crippen LogP contribution in [-0.2, 0) is 0 Å². The van der Waals surface area contributed by atoms with E-state index in [1.807, 2.05) is 18.6 Å². The van der Waals surface area contributed by atoms with E-state index in [2.05, 4.69) is 34.3 Å². The molecule has 2 heterocycles. The molecule has 1 aromatic carbocycles. The lowest BCUT2D eigenvalue weighted by Gasteiger charge is -2.00. The fourth-order valence-electron chi connectivity index (χ4n) is 2.44. The summed E-state index contributed by atoms with van der Waals surface area (Å²) < 4.78 is 0. The summed E-state index contributed by atoms with van der Waals surface area (Å²) >= 11 is 0. The zero-order valence-electron chi connectivity index (χ0n) is 7.99. The first-order chi connectivity index (χ1) is 7.45. The van der Waals surface area contributed by atoms with Crippen LogP contribution in [0.3, 0.4) is 0 Å². The Bertz CT molecular complexity index is 694. The monoisotopic (exact) mass is 192 g/mol. The number of aromatic amines is 1. The largest absolute Gasteiger partial charge is 0.361 e. The number of aromatic nitrogens is 1. The zero-order chi connectivity index (χ0) is 9.83. The third kappa shape index (κ3) is 0.734. The number of nitrogens with zero attached hydrogens (tertiary/aromatic N) is 1. The van der Waals surface area contributed by atoms with Crippen LogP contribution >= 0.6 is 0 Å². The molecule has 1 N–H and O–H groups in total. The average Bonchev–Trinajstić information content (AvgIpc) is 2.97. The van der Waals surface area contributed by atoms with Gasteiger partial charge in [0.2, 0.25) is 0 Å². The Kier molecular flexibility index (Phi) is 1.10. The van der Waals surface area contributed by atoms with Crippen LogP contribution in [0.5, 0.6) is 0 Å². The van der Waals surface area contributed by atoms with Crippen LogP contribution in [0.25, 0.3) is 29.3 Å². The first kappa shape index (κ1) is 7.23. The Balaban J connectivity index is 2.46. The quantitative estimate of drug-likeness (QED) is 0.648. The highest BCUT2D eigenvalue weighted by Crippen LogP contribution is 2.14. The summed E-state index contributed by atoms with van der Waals surface area (Å²) in [5.74, 6) is 0. The predicted molar refractivity (Wildman–Crippen MR) is 63.1 cm³/mol. The third-order valence-electron chi connectivity index (χ3n) is 3.11. The molecule has 0 bridgehead atoms. The summed E-state index contributed by atoms with van der Waals surface area (Å²) in [6, 6.07) is 2.12. The number of aliphatic imine (C=N–C) groups is 1. The molecule has 0 spiro atoms. The van der Waals surface area contributed by atoms with Crippen LogP contribution in [0.15, 0.2) is 23.3 Å². The van der Waals surface area contributed by atoms with Gasteiger partial charge in [-0.05, 0) is 11.6 Å². The molecule has 1 aliphatic carbocycles. The van der Waals surface area contributed by atoms with Crippen molar-refractivity contribution in [2.24, 2.45) is 4.99 Å². The molecule has 1 aliphatic heterocycles. The minimum Gasteiger partial charge on any atom is -0.361 e. The Labute approximate surface area is 86.0 Å². The van der Waals surface area contributed by atoms with Gasteiger partial charge in [0, 0.05) is 40.0 Å². The van der Waals surface area contributed by atoms with Crippen LogP contribution < -0.4 is 10.4 Å². The van der Waals surface area contributed by atoms with Gasteiger partial charge in [-0.15, -0.1) is 0 Å². The number of hydrogen-bond acceptors (Lipinski definition) is 1. The highest BCUT2D eigenvalue weighted by atomic mass is 14.7. The summed E-state index contributed by atoms with van der Waals surface area (Å²) in [7, 11) is 0. The Hall–Kier alpha value is -2.09. The molecule has 2 aliphatic rings. The average molecular weight is 192 g/mol. The van der Waals surface area contributed by atoms with Crippen LogP contribution in [0.4, 0.5) is 0 Å². The van der Waals surface area contributed by atoms with Gasteiger partial charge in [0.1, 0.15) is 0 Å². The molecule has 4 rings (SSSR count). The van der Waals surface area contributed by atoms with Gasteiger partial charge < -0.3 is 4.98 Å². The molecular formula is C13H8N2. The lowest BCUT2D eigenvalue weighted by molar-refractivity contribution is 1.45. The fraction of sp³-hybridized carbons (Fsp3) is 0. The highest BCUT2D eigenvalue weighted by Gasteiger charge is 2.13. The second kappa shape index (κ2) is 2.28. The molecule has 0 saturated heterocycles. The van der Waals surface area contributed by atoms with Crippen LogP contribution in [0.1, 0.15) is 11.1 Å². The van der Waals surface area contributed by atoms with Crippen molar-refractivity contribution in [3.05, 3.63) is 39.9 Å². The summed E-state index contributed by atoms with van der Waals surface area (Å²) in [4.78, 5) is 7.55. The standard InChI is InChI=1S/C13H8N2/c1-2-8-9(3-1)13-10(4-5-15-13)12-7-14-6-11(8)12/h1-7,15H. The lowest BCUT2D eigenvalue weighted by atomic mass is 10.0. The van der Waals surface area contributed by atoms with Crippen molar-refractivity contribution in [2.75, 3.05) is 0 Å². The Morgan fingerprint density at radius 1 is 1.13 bits per heavy atom.